The number of carbonyl (C=O) groups excluding carboxylic acids is 1. The number of amides is 1. The van der Waals surface area contributed by atoms with Crippen molar-refractivity contribution < 1.29 is 4.79 Å². The van der Waals surface area contributed by atoms with Crippen molar-refractivity contribution >= 4 is 46.4 Å². The number of nitrogens with zero attached hydrogens (tertiary/aromatic N) is 2. The summed E-state index contributed by atoms with van der Waals surface area (Å²) >= 11 is 9.22. The summed E-state index contributed by atoms with van der Waals surface area (Å²) in [5, 5.41) is 3.05. The molecule has 0 saturated heterocycles. The fourth-order valence-corrected chi connectivity index (χ4v) is 4.25. The average molecular weight is 312 g/mol. The predicted molar refractivity (Wildman–Crippen MR) is 79.2 cm³/mol. The van der Waals surface area contributed by atoms with E-state index in [9.17, 15) is 4.79 Å². The number of anilines is 1. The minimum absolute atomic E-state index is 0.140. The summed E-state index contributed by atoms with van der Waals surface area (Å²) in [5.74, 6) is 2.42. The summed E-state index contributed by atoms with van der Waals surface area (Å²) < 4.78 is 0. The van der Waals surface area contributed by atoms with Gasteiger partial charge in [0.1, 0.15) is 17.3 Å². The molecule has 1 N–H and O–H groups in total. The van der Waals surface area contributed by atoms with Crippen molar-refractivity contribution in [2.24, 2.45) is 0 Å². The summed E-state index contributed by atoms with van der Waals surface area (Å²) in [5.41, 5.74) is 1.28. The Morgan fingerprint density at radius 1 is 1.37 bits per heavy atom. The van der Waals surface area contributed by atoms with Gasteiger partial charge in [0.2, 0.25) is 0 Å². The van der Waals surface area contributed by atoms with Crippen molar-refractivity contribution in [1.82, 2.24) is 9.97 Å². The first kappa shape index (κ1) is 12.9. The lowest BCUT2D eigenvalue weighted by molar-refractivity contribution is 0.103. The Labute approximate surface area is 123 Å². The standard InChI is InChI=1S/C12H10ClN3OS2/c13-10-4-11(15-6-14-10)16-12(17)9-3-7-5-18-2-1-8(7)19-9/h3-4,6H,1-2,5H2,(H,14,15,16,17). The van der Waals surface area contributed by atoms with Crippen molar-refractivity contribution in [3.63, 3.8) is 0 Å². The third-order valence-electron chi connectivity index (χ3n) is 2.73. The summed E-state index contributed by atoms with van der Waals surface area (Å²) in [7, 11) is 0. The molecule has 98 valence electrons. The van der Waals surface area contributed by atoms with Crippen LogP contribution in [0.3, 0.4) is 0 Å². The van der Waals surface area contributed by atoms with Gasteiger partial charge in [-0.1, -0.05) is 11.6 Å². The molecule has 0 aromatic carbocycles. The van der Waals surface area contributed by atoms with Gasteiger partial charge in [-0.25, -0.2) is 9.97 Å². The minimum Gasteiger partial charge on any atom is -0.306 e. The van der Waals surface area contributed by atoms with E-state index in [0.29, 0.717) is 11.0 Å². The first-order valence-electron chi connectivity index (χ1n) is 5.70. The van der Waals surface area contributed by atoms with Crippen LogP contribution in [0, 0.1) is 0 Å². The number of aromatic nitrogens is 2. The normalized spacial score (nSPS) is 13.9. The molecule has 0 atom stereocenters. The average Bonchev–Trinajstić information content (AvgIpc) is 2.82. The predicted octanol–water partition coefficient (Wildman–Crippen LogP) is 3.23. The lowest BCUT2D eigenvalue weighted by Gasteiger charge is -2.08. The smallest absolute Gasteiger partial charge is 0.266 e. The van der Waals surface area contributed by atoms with E-state index in [2.05, 4.69) is 15.3 Å². The Kier molecular flexibility index (Phi) is 3.72. The maximum Gasteiger partial charge on any atom is 0.266 e. The number of hydrogen-bond donors (Lipinski definition) is 1. The molecule has 0 bridgehead atoms. The molecule has 0 aliphatic carbocycles. The molecule has 0 fully saturated rings. The SMILES string of the molecule is O=C(Nc1cc(Cl)ncn1)c1cc2c(s1)CCSC2. The topological polar surface area (TPSA) is 54.9 Å². The van der Waals surface area contributed by atoms with E-state index in [1.807, 2.05) is 17.8 Å². The van der Waals surface area contributed by atoms with Crippen molar-refractivity contribution in [3.8, 4) is 0 Å². The highest BCUT2D eigenvalue weighted by atomic mass is 35.5. The number of rotatable bonds is 2. The van der Waals surface area contributed by atoms with Crippen LogP contribution in [0.2, 0.25) is 5.15 Å². The van der Waals surface area contributed by atoms with Crippen LogP contribution in [0.25, 0.3) is 0 Å². The zero-order valence-corrected chi connectivity index (χ0v) is 12.2. The van der Waals surface area contributed by atoms with Gasteiger partial charge in [0, 0.05) is 16.7 Å². The Morgan fingerprint density at radius 3 is 3.05 bits per heavy atom. The van der Waals surface area contributed by atoms with Crippen LogP contribution in [0.15, 0.2) is 18.5 Å². The number of aryl methyl sites for hydroxylation is 1. The largest absolute Gasteiger partial charge is 0.306 e. The molecule has 0 saturated carbocycles. The van der Waals surface area contributed by atoms with Crippen LogP contribution in [0.5, 0.6) is 0 Å². The molecule has 1 aliphatic heterocycles. The molecule has 2 aromatic heterocycles. The maximum absolute atomic E-state index is 12.1. The molecule has 1 aliphatic rings. The van der Waals surface area contributed by atoms with E-state index in [1.54, 1.807) is 11.3 Å². The van der Waals surface area contributed by atoms with E-state index in [-0.39, 0.29) is 5.91 Å². The molecular weight excluding hydrogens is 302 g/mol. The van der Waals surface area contributed by atoms with E-state index in [0.717, 1.165) is 22.8 Å². The zero-order valence-electron chi connectivity index (χ0n) is 9.85. The summed E-state index contributed by atoms with van der Waals surface area (Å²) in [6.07, 6.45) is 2.38. The Balaban J connectivity index is 1.78. The second kappa shape index (κ2) is 5.48. The van der Waals surface area contributed by atoms with Crippen LogP contribution in [-0.2, 0) is 12.2 Å². The van der Waals surface area contributed by atoms with Gasteiger partial charge in [-0.2, -0.15) is 11.8 Å². The summed E-state index contributed by atoms with van der Waals surface area (Å²) in [4.78, 5) is 21.9. The van der Waals surface area contributed by atoms with Crippen LogP contribution >= 0.6 is 34.7 Å². The zero-order chi connectivity index (χ0) is 13.2. The lowest BCUT2D eigenvalue weighted by atomic mass is 10.2. The minimum atomic E-state index is -0.140. The Hall–Kier alpha value is -1.11. The molecule has 1 amide bonds. The van der Waals surface area contributed by atoms with E-state index in [4.69, 9.17) is 11.6 Å². The maximum atomic E-state index is 12.1. The molecular formula is C12H10ClN3OS2. The fraction of sp³-hybridized carbons (Fsp3) is 0.250. The summed E-state index contributed by atoms with van der Waals surface area (Å²) in [6, 6.07) is 3.51. The number of carbonyl (C=O) groups is 1. The van der Waals surface area contributed by atoms with Crippen molar-refractivity contribution in [1.29, 1.82) is 0 Å². The number of fused-ring (bicyclic) bond motifs is 1. The number of thioether (sulfide) groups is 1. The van der Waals surface area contributed by atoms with Gasteiger partial charge >= 0.3 is 0 Å². The highest BCUT2D eigenvalue weighted by Gasteiger charge is 2.17. The van der Waals surface area contributed by atoms with Crippen molar-refractivity contribution in [2.75, 3.05) is 11.1 Å². The van der Waals surface area contributed by atoms with Crippen LogP contribution in [-0.4, -0.2) is 21.6 Å². The van der Waals surface area contributed by atoms with Crippen LogP contribution in [0.1, 0.15) is 20.1 Å². The first-order chi connectivity index (χ1) is 9.22. The molecule has 4 nitrogen and oxygen atoms in total. The number of hydrogen-bond acceptors (Lipinski definition) is 5. The third-order valence-corrected chi connectivity index (χ3v) is 5.18. The quantitative estimate of drug-likeness (QED) is 0.865. The molecule has 0 radical (unpaired) electrons. The molecule has 0 unspecified atom stereocenters. The van der Waals surface area contributed by atoms with Crippen LogP contribution in [0.4, 0.5) is 5.82 Å². The van der Waals surface area contributed by atoms with E-state index < -0.39 is 0 Å². The lowest BCUT2D eigenvalue weighted by Crippen LogP contribution is -2.11. The third kappa shape index (κ3) is 2.91. The molecule has 2 aromatic rings. The monoisotopic (exact) mass is 311 g/mol. The molecule has 3 rings (SSSR count). The van der Waals surface area contributed by atoms with Crippen LogP contribution < -0.4 is 5.32 Å². The van der Waals surface area contributed by atoms with Gasteiger partial charge in [0.05, 0.1) is 4.88 Å². The van der Waals surface area contributed by atoms with Gasteiger partial charge in [0.25, 0.3) is 5.91 Å². The van der Waals surface area contributed by atoms with E-state index in [1.165, 1.54) is 22.8 Å². The second-order valence-corrected chi connectivity index (χ2v) is 6.67. The Bertz CT molecular complexity index is 606. The Morgan fingerprint density at radius 2 is 2.26 bits per heavy atom. The van der Waals surface area contributed by atoms with E-state index >= 15 is 0 Å². The van der Waals surface area contributed by atoms with Gasteiger partial charge in [0.15, 0.2) is 0 Å². The molecule has 3 heterocycles. The van der Waals surface area contributed by atoms with Crippen molar-refractivity contribution in [3.05, 3.63) is 38.9 Å². The second-order valence-electron chi connectivity index (χ2n) is 4.04. The molecule has 0 spiro atoms. The first-order valence-corrected chi connectivity index (χ1v) is 8.05. The number of thiophene rings is 1. The number of nitrogens with one attached hydrogen (secondary N) is 1. The van der Waals surface area contributed by atoms with Crippen molar-refractivity contribution in [2.45, 2.75) is 12.2 Å². The van der Waals surface area contributed by atoms with Gasteiger partial charge < -0.3 is 5.32 Å². The van der Waals surface area contributed by atoms with Gasteiger partial charge in [-0.15, -0.1) is 11.3 Å². The summed E-state index contributed by atoms with van der Waals surface area (Å²) in [6.45, 7) is 0. The highest BCUT2D eigenvalue weighted by molar-refractivity contribution is 7.98. The van der Waals surface area contributed by atoms with Gasteiger partial charge in [-0.3, -0.25) is 4.79 Å². The van der Waals surface area contributed by atoms with Gasteiger partial charge in [-0.05, 0) is 23.8 Å². The number of halogens is 1. The molecule has 7 heteroatoms. The molecule has 19 heavy (non-hydrogen) atoms. The fourth-order valence-electron chi connectivity index (χ4n) is 1.84. The highest BCUT2D eigenvalue weighted by Crippen LogP contribution is 2.31.